The number of aliphatic imine (C=N–C) groups is 1. The molecule has 27 heavy (non-hydrogen) atoms. The molecule has 1 aromatic rings. The summed E-state index contributed by atoms with van der Waals surface area (Å²) in [7, 11) is 0. The average molecular weight is 488 g/mol. The van der Waals surface area contributed by atoms with Crippen LogP contribution in [0.25, 0.3) is 0 Å². The van der Waals surface area contributed by atoms with Crippen LogP contribution in [0.1, 0.15) is 57.6 Å². The van der Waals surface area contributed by atoms with Crippen molar-refractivity contribution in [2.24, 2.45) is 4.99 Å². The van der Waals surface area contributed by atoms with E-state index in [-0.39, 0.29) is 35.9 Å². The van der Waals surface area contributed by atoms with E-state index < -0.39 is 0 Å². The smallest absolute Gasteiger partial charge is 0.222 e. The van der Waals surface area contributed by atoms with E-state index in [1.165, 1.54) is 32.1 Å². The predicted octanol–water partition coefficient (Wildman–Crippen LogP) is 3.32. The van der Waals surface area contributed by atoms with E-state index in [2.05, 4.69) is 10.6 Å². The Balaban J connectivity index is 0.00000261. The van der Waals surface area contributed by atoms with E-state index in [0.29, 0.717) is 19.0 Å². The third-order valence-corrected chi connectivity index (χ3v) is 5.34. The molecule has 1 aromatic heterocycles. The number of likely N-dealkylation sites (tertiary alicyclic amines) is 1. The fraction of sp³-hybridized carbons (Fsp3) is 0.700. The van der Waals surface area contributed by atoms with Crippen molar-refractivity contribution in [3.8, 4) is 0 Å². The van der Waals surface area contributed by atoms with Crippen LogP contribution in [0.15, 0.2) is 27.8 Å². The molecule has 6 nitrogen and oxygen atoms in total. The number of carbonyl (C=O) groups excluding carboxylic acids is 1. The molecule has 2 N–H and O–H groups in total. The van der Waals surface area contributed by atoms with Gasteiger partial charge in [0.25, 0.3) is 0 Å². The number of carbonyl (C=O) groups is 1. The normalized spacial score (nSPS) is 21.0. The topological polar surface area (TPSA) is 69.9 Å². The third kappa shape index (κ3) is 7.01. The Labute approximate surface area is 179 Å². The van der Waals surface area contributed by atoms with Crippen molar-refractivity contribution in [2.75, 3.05) is 19.6 Å². The van der Waals surface area contributed by atoms with Crippen LogP contribution < -0.4 is 10.6 Å². The molecule has 1 amide bonds. The van der Waals surface area contributed by atoms with Crippen molar-refractivity contribution in [1.82, 2.24) is 15.5 Å². The van der Waals surface area contributed by atoms with Crippen molar-refractivity contribution < 1.29 is 9.21 Å². The van der Waals surface area contributed by atoms with Crippen LogP contribution in [0.2, 0.25) is 0 Å². The van der Waals surface area contributed by atoms with E-state index >= 15 is 0 Å². The zero-order valence-electron chi connectivity index (χ0n) is 16.3. The Kier molecular flexibility index (Phi) is 9.44. The van der Waals surface area contributed by atoms with Crippen LogP contribution in [-0.2, 0) is 11.2 Å². The molecule has 0 radical (unpaired) electrons. The maximum atomic E-state index is 11.9. The lowest BCUT2D eigenvalue weighted by atomic mass is 9.96. The number of amides is 1. The van der Waals surface area contributed by atoms with Crippen molar-refractivity contribution in [1.29, 1.82) is 0 Å². The molecule has 152 valence electrons. The first-order valence-corrected chi connectivity index (χ1v) is 10.1. The summed E-state index contributed by atoms with van der Waals surface area (Å²) in [4.78, 5) is 18.6. The van der Waals surface area contributed by atoms with Crippen molar-refractivity contribution >= 4 is 35.8 Å². The molecule has 7 heteroatoms. The van der Waals surface area contributed by atoms with Crippen molar-refractivity contribution in [2.45, 2.75) is 70.4 Å². The second-order valence-corrected chi connectivity index (χ2v) is 7.36. The van der Waals surface area contributed by atoms with Crippen molar-refractivity contribution in [3.63, 3.8) is 0 Å². The van der Waals surface area contributed by atoms with Gasteiger partial charge in [-0.1, -0.05) is 26.2 Å². The Morgan fingerprint density at radius 1 is 1.22 bits per heavy atom. The number of halogens is 1. The fourth-order valence-corrected chi connectivity index (χ4v) is 3.83. The number of hydrogen-bond acceptors (Lipinski definition) is 3. The molecule has 2 aliphatic rings. The monoisotopic (exact) mass is 488 g/mol. The molecular formula is C20H33IN4O2. The Bertz CT molecular complexity index is 585. The van der Waals surface area contributed by atoms with Gasteiger partial charge in [-0.2, -0.15) is 0 Å². The summed E-state index contributed by atoms with van der Waals surface area (Å²) in [5.41, 5.74) is 0. The number of hydrogen-bond donors (Lipinski definition) is 2. The molecular weight excluding hydrogens is 455 g/mol. The van der Waals surface area contributed by atoms with Crippen molar-refractivity contribution in [3.05, 3.63) is 24.2 Å². The van der Waals surface area contributed by atoms with Gasteiger partial charge >= 0.3 is 0 Å². The van der Waals surface area contributed by atoms with Crippen LogP contribution >= 0.6 is 24.0 Å². The Hall–Kier alpha value is -1.25. The van der Waals surface area contributed by atoms with Gasteiger partial charge in [-0.05, 0) is 31.4 Å². The summed E-state index contributed by atoms with van der Waals surface area (Å²) in [5.74, 6) is 2.09. The summed E-state index contributed by atoms with van der Waals surface area (Å²) in [6, 6.07) is 4.69. The minimum Gasteiger partial charge on any atom is -0.469 e. The maximum absolute atomic E-state index is 11.9. The lowest BCUT2D eigenvalue weighted by molar-refractivity contribution is -0.129. The lowest BCUT2D eigenvalue weighted by Gasteiger charge is -2.26. The molecule has 1 aliphatic heterocycles. The van der Waals surface area contributed by atoms with E-state index in [9.17, 15) is 4.79 Å². The standard InChI is InChI=1S/C20H32N4O2.HI/c1-2-19(25)24-13-11-17(15-24)23-20(22-16-7-4-3-5-8-16)21-12-10-18-9-6-14-26-18;/h6,9,14,16-17H,2-5,7-8,10-13,15H2,1H3,(H2,21,22,23);1H. The van der Waals surface area contributed by atoms with E-state index in [4.69, 9.17) is 9.41 Å². The molecule has 1 atom stereocenters. The van der Waals surface area contributed by atoms with Crippen LogP contribution in [0.3, 0.4) is 0 Å². The molecule has 1 saturated heterocycles. The Morgan fingerprint density at radius 3 is 2.70 bits per heavy atom. The summed E-state index contributed by atoms with van der Waals surface area (Å²) >= 11 is 0. The van der Waals surface area contributed by atoms with Crippen LogP contribution in [0.4, 0.5) is 0 Å². The minimum absolute atomic E-state index is 0. The summed E-state index contributed by atoms with van der Waals surface area (Å²) in [6.07, 6.45) is 10.4. The molecule has 0 aromatic carbocycles. The Morgan fingerprint density at radius 2 is 2.00 bits per heavy atom. The number of nitrogens with zero attached hydrogens (tertiary/aromatic N) is 2. The van der Waals surface area contributed by atoms with Gasteiger partial charge in [-0.3, -0.25) is 9.79 Å². The molecule has 1 unspecified atom stereocenters. The first-order chi connectivity index (χ1) is 12.7. The highest BCUT2D eigenvalue weighted by Crippen LogP contribution is 2.17. The first kappa shape index (κ1) is 22.0. The SMILES string of the molecule is CCC(=O)N1CCC(NC(=NCCc2ccco2)NC2CCCCC2)C1.I. The fourth-order valence-electron chi connectivity index (χ4n) is 3.83. The van der Waals surface area contributed by atoms with Gasteiger partial charge in [0.2, 0.25) is 5.91 Å². The molecule has 3 rings (SSSR count). The predicted molar refractivity (Wildman–Crippen MR) is 119 cm³/mol. The van der Waals surface area contributed by atoms with Crippen LogP contribution in [-0.4, -0.2) is 48.5 Å². The highest BCUT2D eigenvalue weighted by Gasteiger charge is 2.26. The first-order valence-electron chi connectivity index (χ1n) is 10.1. The van der Waals surface area contributed by atoms with E-state index in [1.807, 2.05) is 24.0 Å². The summed E-state index contributed by atoms with van der Waals surface area (Å²) in [5, 5.41) is 7.19. The number of rotatable bonds is 6. The molecule has 1 aliphatic carbocycles. The second-order valence-electron chi connectivity index (χ2n) is 7.36. The van der Waals surface area contributed by atoms with Gasteiger partial charge in [0.05, 0.1) is 6.26 Å². The molecule has 0 spiro atoms. The number of guanidine groups is 1. The average Bonchev–Trinajstić information content (AvgIpc) is 3.34. The van der Waals surface area contributed by atoms with Gasteiger partial charge in [-0.15, -0.1) is 24.0 Å². The van der Waals surface area contributed by atoms with Gasteiger partial charge in [0, 0.05) is 44.6 Å². The number of furan rings is 1. The highest BCUT2D eigenvalue weighted by atomic mass is 127. The summed E-state index contributed by atoms with van der Waals surface area (Å²) < 4.78 is 5.40. The zero-order valence-corrected chi connectivity index (χ0v) is 18.6. The molecule has 2 fully saturated rings. The minimum atomic E-state index is 0. The highest BCUT2D eigenvalue weighted by molar-refractivity contribution is 14.0. The zero-order chi connectivity index (χ0) is 18.2. The van der Waals surface area contributed by atoms with Crippen LogP contribution in [0.5, 0.6) is 0 Å². The summed E-state index contributed by atoms with van der Waals surface area (Å²) in [6.45, 7) is 4.23. The molecule has 0 bridgehead atoms. The quantitative estimate of drug-likeness (QED) is 0.366. The molecule has 2 heterocycles. The van der Waals surface area contributed by atoms with Gasteiger partial charge < -0.3 is 20.0 Å². The van der Waals surface area contributed by atoms with Gasteiger partial charge in [-0.25, -0.2) is 0 Å². The third-order valence-electron chi connectivity index (χ3n) is 5.34. The maximum Gasteiger partial charge on any atom is 0.222 e. The van der Waals surface area contributed by atoms with Gasteiger partial charge in [0.1, 0.15) is 5.76 Å². The van der Waals surface area contributed by atoms with E-state index in [0.717, 1.165) is 37.7 Å². The molecule has 1 saturated carbocycles. The van der Waals surface area contributed by atoms with Crippen LogP contribution in [0, 0.1) is 0 Å². The lowest BCUT2D eigenvalue weighted by Crippen LogP contribution is -2.49. The second kappa shape index (κ2) is 11.6. The number of nitrogens with one attached hydrogen (secondary N) is 2. The van der Waals surface area contributed by atoms with Gasteiger partial charge in [0.15, 0.2) is 5.96 Å². The largest absolute Gasteiger partial charge is 0.469 e. The van der Waals surface area contributed by atoms with E-state index in [1.54, 1.807) is 6.26 Å².